The first-order valence-electron chi connectivity index (χ1n) is 6.35. The highest BCUT2D eigenvalue weighted by Crippen LogP contribution is 2.21. The molecule has 5 nitrogen and oxygen atoms in total. The maximum absolute atomic E-state index is 12.1. The molecule has 1 aromatic carbocycles. The van der Waals surface area contributed by atoms with Crippen molar-refractivity contribution >= 4 is 20.7 Å². The summed E-state index contributed by atoms with van der Waals surface area (Å²) in [4.78, 5) is 0. The molecule has 2 aromatic rings. The lowest BCUT2D eigenvalue weighted by molar-refractivity contribution is 0.581. The fourth-order valence-electron chi connectivity index (χ4n) is 2.02. The Morgan fingerprint density at radius 2 is 2.05 bits per heavy atom. The highest BCUT2D eigenvalue weighted by Gasteiger charge is 2.23. The van der Waals surface area contributed by atoms with Gasteiger partial charge in [-0.05, 0) is 19.9 Å². The number of sulfone groups is 1. The van der Waals surface area contributed by atoms with E-state index in [2.05, 4.69) is 5.10 Å². The van der Waals surface area contributed by atoms with Gasteiger partial charge in [0.05, 0.1) is 22.2 Å². The number of rotatable bonds is 5. The highest BCUT2D eigenvalue weighted by atomic mass is 32.2. The van der Waals surface area contributed by atoms with Crippen molar-refractivity contribution < 1.29 is 8.42 Å². The number of benzene rings is 1. The summed E-state index contributed by atoms with van der Waals surface area (Å²) < 4.78 is 26.1. The van der Waals surface area contributed by atoms with Crippen molar-refractivity contribution in [2.75, 3.05) is 6.54 Å². The van der Waals surface area contributed by atoms with Crippen LogP contribution < -0.4 is 5.73 Å². The third kappa shape index (κ3) is 2.64. The SMILES string of the molecule is CCn1nc(CS(=O)(=O)C(C)CN)c2ccccc21. The summed E-state index contributed by atoms with van der Waals surface area (Å²) in [6, 6.07) is 7.68. The van der Waals surface area contributed by atoms with Gasteiger partial charge in [-0.25, -0.2) is 8.42 Å². The van der Waals surface area contributed by atoms with Crippen LogP contribution in [-0.4, -0.2) is 30.0 Å². The Morgan fingerprint density at radius 1 is 1.37 bits per heavy atom. The van der Waals surface area contributed by atoms with Gasteiger partial charge in [-0.15, -0.1) is 0 Å². The smallest absolute Gasteiger partial charge is 0.159 e. The van der Waals surface area contributed by atoms with E-state index in [-0.39, 0.29) is 12.3 Å². The molecule has 0 bridgehead atoms. The van der Waals surface area contributed by atoms with E-state index in [1.54, 1.807) is 6.92 Å². The van der Waals surface area contributed by atoms with E-state index in [4.69, 9.17) is 5.73 Å². The summed E-state index contributed by atoms with van der Waals surface area (Å²) in [5.41, 5.74) is 7.03. The number of para-hydroxylation sites is 1. The second kappa shape index (κ2) is 5.30. The molecule has 0 aliphatic heterocycles. The van der Waals surface area contributed by atoms with E-state index in [0.29, 0.717) is 12.2 Å². The largest absolute Gasteiger partial charge is 0.329 e. The molecule has 0 fully saturated rings. The lowest BCUT2D eigenvalue weighted by Crippen LogP contribution is -2.27. The fourth-order valence-corrected chi connectivity index (χ4v) is 3.20. The molecule has 1 heterocycles. The zero-order valence-electron chi connectivity index (χ0n) is 11.2. The third-order valence-corrected chi connectivity index (χ3v) is 5.41. The van der Waals surface area contributed by atoms with Crippen molar-refractivity contribution in [3.8, 4) is 0 Å². The van der Waals surface area contributed by atoms with Crippen LogP contribution in [0.25, 0.3) is 10.9 Å². The summed E-state index contributed by atoms with van der Waals surface area (Å²) >= 11 is 0. The number of hydrogen-bond acceptors (Lipinski definition) is 4. The van der Waals surface area contributed by atoms with Gasteiger partial charge in [-0.2, -0.15) is 5.10 Å². The van der Waals surface area contributed by atoms with E-state index < -0.39 is 15.1 Å². The summed E-state index contributed by atoms with van der Waals surface area (Å²) in [6.45, 7) is 4.47. The number of aromatic nitrogens is 2. The van der Waals surface area contributed by atoms with Crippen LogP contribution in [0, 0.1) is 0 Å². The average Bonchev–Trinajstić information content (AvgIpc) is 2.75. The van der Waals surface area contributed by atoms with Gasteiger partial charge >= 0.3 is 0 Å². The first kappa shape index (κ1) is 14.0. The van der Waals surface area contributed by atoms with Crippen molar-refractivity contribution in [2.45, 2.75) is 31.4 Å². The first-order valence-corrected chi connectivity index (χ1v) is 8.07. The molecule has 0 aliphatic carbocycles. The number of hydrogen-bond donors (Lipinski definition) is 1. The number of aryl methyl sites for hydroxylation is 1. The van der Waals surface area contributed by atoms with Crippen LogP contribution in [0.2, 0.25) is 0 Å². The van der Waals surface area contributed by atoms with Gasteiger partial charge < -0.3 is 5.73 Å². The van der Waals surface area contributed by atoms with Crippen molar-refractivity contribution in [1.29, 1.82) is 0 Å². The van der Waals surface area contributed by atoms with Gasteiger partial charge in [0.2, 0.25) is 0 Å². The summed E-state index contributed by atoms with van der Waals surface area (Å²) in [5, 5.41) is 4.76. The van der Waals surface area contributed by atoms with E-state index in [9.17, 15) is 8.42 Å². The van der Waals surface area contributed by atoms with Crippen molar-refractivity contribution in [3.05, 3.63) is 30.0 Å². The maximum atomic E-state index is 12.1. The normalized spacial score (nSPS) is 13.8. The van der Waals surface area contributed by atoms with Crippen LogP contribution in [0.4, 0.5) is 0 Å². The lowest BCUT2D eigenvalue weighted by Gasteiger charge is -2.08. The van der Waals surface area contributed by atoms with Gasteiger partial charge in [-0.3, -0.25) is 4.68 Å². The van der Waals surface area contributed by atoms with E-state index >= 15 is 0 Å². The third-order valence-electron chi connectivity index (χ3n) is 3.32. The second-order valence-electron chi connectivity index (χ2n) is 4.63. The standard InChI is InChI=1S/C13H19N3O2S/c1-3-16-13-7-5-4-6-11(13)12(15-16)9-19(17,18)10(2)8-14/h4-7,10H,3,8-9,14H2,1-2H3. The van der Waals surface area contributed by atoms with E-state index in [0.717, 1.165) is 10.9 Å². The summed E-state index contributed by atoms with van der Waals surface area (Å²) in [5.74, 6) is -0.0567. The molecule has 2 N–H and O–H groups in total. The Kier molecular flexibility index (Phi) is 3.91. The summed E-state index contributed by atoms with van der Waals surface area (Å²) in [7, 11) is -3.25. The Hall–Kier alpha value is -1.40. The maximum Gasteiger partial charge on any atom is 0.159 e. The zero-order valence-corrected chi connectivity index (χ0v) is 12.0. The van der Waals surface area contributed by atoms with E-state index in [1.165, 1.54) is 0 Å². The van der Waals surface area contributed by atoms with Gasteiger partial charge in [0.15, 0.2) is 9.84 Å². The van der Waals surface area contributed by atoms with Crippen molar-refractivity contribution in [1.82, 2.24) is 9.78 Å². The minimum Gasteiger partial charge on any atom is -0.329 e. The number of fused-ring (bicyclic) bond motifs is 1. The highest BCUT2D eigenvalue weighted by molar-refractivity contribution is 7.91. The minimum absolute atomic E-state index is 0.0567. The minimum atomic E-state index is -3.25. The fraction of sp³-hybridized carbons (Fsp3) is 0.462. The Balaban J connectivity index is 2.47. The van der Waals surface area contributed by atoms with Crippen LogP contribution in [-0.2, 0) is 22.1 Å². The summed E-state index contributed by atoms with van der Waals surface area (Å²) in [6.07, 6.45) is 0. The lowest BCUT2D eigenvalue weighted by atomic mass is 10.2. The van der Waals surface area contributed by atoms with Crippen LogP contribution in [0.15, 0.2) is 24.3 Å². The monoisotopic (exact) mass is 281 g/mol. The predicted molar refractivity (Wildman–Crippen MR) is 76.5 cm³/mol. The van der Waals surface area contributed by atoms with Crippen LogP contribution >= 0.6 is 0 Å². The predicted octanol–water partition coefficient (Wildman–Crippen LogP) is 1.32. The molecule has 0 saturated heterocycles. The Morgan fingerprint density at radius 3 is 2.68 bits per heavy atom. The van der Waals surface area contributed by atoms with Gasteiger partial charge in [0.1, 0.15) is 0 Å². The molecule has 104 valence electrons. The molecule has 0 spiro atoms. The molecule has 6 heteroatoms. The first-order chi connectivity index (χ1) is 8.99. The van der Waals surface area contributed by atoms with Crippen LogP contribution in [0.1, 0.15) is 19.5 Å². The van der Waals surface area contributed by atoms with Crippen molar-refractivity contribution in [2.24, 2.45) is 5.73 Å². The van der Waals surface area contributed by atoms with Crippen LogP contribution in [0.5, 0.6) is 0 Å². The Bertz CT molecular complexity index is 676. The molecule has 1 unspecified atom stereocenters. The molecule has 0 saturated carbocycles. The molecule has 19 heavy (non-hydrogen) atoms. The molecule has 0 aliphatic rings. The zero-order chi connectivity index (χ0) is 14.0. The molecule has 1 atom stereocenters. The molecular weight excluding hydrogens is 262 g/mol. The van der Waals surface area contributed by atoms with Gasteiger partial charge in [0, 0.05) is 18.5 Å². The molecule has 2 rings (SSSR count). The topological polar surface area (TPSA) is 78.0 Å². The second-order valence-corrected chi connectivity index (χ2v) is 7.05. The average molecular weight is 281 g/mol. The quantitative estimate of drug-likeness (QED) is 0.896. The molecule has 0 radical (unpaired) electrons. The molecular formula is C13H19N3O2S. The molecule has 0 amide bonds. The Labute approximate surface area is 113 Å². The van der Waals surface area contributed by atoms with Crippen molar-refractivity contribution in [3.63, 3.8) is 0 Å². The number of nitrogens with two attached hydrogens (primary N) is 1. The van der Waals surface area contributed by atoms with E-state index in [1.807, 2.05) is 35.9 Å². The van der Waals surface area contributed by atoms with Gasteiger partial charge in [-0.1, -0.05) is 18.2 Å². The number of nitrogens with zero attached hydrogens (tertiary/aromatic N) is 2. The van der Waals surface area contributed by atoms with Crippen LogP contribution in [0.3, 0.4) is 0 Å². The van der Waals surface area contributed by atoms with Gasteiger partial charge in [0.25, 0.3) is 0 Å². The molecule has 1 aromatic heterocycles.